The minimum atomic E-state index is 0.382. The summed E-state index contributed by atoms with van der Waals surface area (Å²) in [6.45, 7) is 31.3. The van der Waals surface area contributed by atoms with E-state index in [4.69, 9.17) is 0 Å². The van der Waals surface area contributed by atoms with Gasteiger partial charge in [0.15, 0.2) is 0 Å². The predicted molar refractivity (Wildman–Crippen MR) is 175 cm³/mol. The fraction of sp³-hybridized carbons (Fsp3) is 0.895. The summed E-state index contributed by atoms with van der Waals surface area (Å²) in [5.41, 5.74) is 5.61. The molecule has 0 bridgehead atoms. The molecule has 0 aromatic rings. The molecule has 1 saturated carbocycles. The molecule has 1 fully saturated rings. The van der Waals surface area contributed by atoms with E-state index in [-0.39, 0.29) is 0 Å². The molecular formula is C38H72. The maximum Gasteiger partial charge on any atom is -0.00805 e. The third-order valence-corrected chi connectivity index (χ3v) is 10.7. The summed E-state index contributed by atoms with van der Waals surface area (Å²) in [5, 5.41) is 0. The molecule has 0 spiro atoms. The average molecular weight is 529 g/mol. The van der Waals surface area contributed by atoms with E-state index in [1.807, 2.05) is 5.57 Å². The van der Waals surface area contributed by atoms with Crippen LogP contribution >= 0.6 is 0 Å². The summed E-state index contributed by atoms with van der Waals surface area (Å²) in [6.07, 6.45) is 22.1. The van der Waals surface area contributed by atoms with Crippen molar-refractivity contribution < 1.29 is 0 Å². The lowest BCUT2D eigenvalue weighted by molar-refractivity contribution is 0.0927. The van der Waals surface area contributed by atoms with Crippen molar-refractivity contribution >= 4 is 0 Å². The SMILES string of the molecule is C=C(C)CCCC(C)C(=C(C)C)C(C)(CC(C)CCC(C)(C)CCCC(C)C(C)CCCCC)C1CCC1. The average Bonchev–Trinajstić information content (AvgIpc) is 2.75. The van der Waals surface area contributed by atoms with Crippen LogP contribution in [-0.4, -0.2) is 0 Å². The molecule has 0 aromatic carbocycles. The first kappa shape index (κ1) is 35.5. The van der Waals surface area contributed by atoms with Crippen LogP contribution in [-0.2, 0) is 0 Å². The Labute approximate surface area is 242 Å². The molecule has 0 nitrogen and oxygen atoms in total. The van der Waals surface area contributed by atoms with E-state index in [9.17, 15) is 0 Å². The van der Waals surface area contributed by atoms with Crippen LogP contribution in [0.5, 0.6) is 0 Å². The van der Waals surface area contributed by atoms with Crippen molar-refractivity contribution in [2.75, 3.05) is 0 Å². The van der Waals surface area contributed by atoms with Crippen molar-refractivity contribution in [3.05, 3.63) is 23.3 Å². The highest BCUT2D eigenvalue weighted by Crippen LogP contribution is 2.54. The zero-order valence-electron chi connectivity index (χ0n) is 28.4. The molecule has 0 N–H and O–H groups in total. The molecule has 5 atom stereocenters. The summed E-state index contributed by atoms with van der Waals surface area (Å²) >= 11 is 0. The van der Waals surface area contributed by atoms with E-state index in [0.717, 1.165) is 23.7 Å². The quantitative estimate of drug-likeness (QED) is 0.103. The van der Waals surface area contributed by atoms with Crippen molar-refractivity contribution in [2.45, 2.75) is 179 Å². The Morgan fingerprint density at radius 1 is 0.789 bits per heavy atom. The second-order valence-corrected chi connectivity index (χ2v) is 15.6. The maximum absolute atomic E-state index is 4.15. The van der Waals surface area contributed by atoms with Gasteiger partial charge in [-0.2, -0.15) is 0 Å². The van der Waals surface area contributed by atoms with E-state index >= 15 is 0 Å². The zero-order valence-corrected chi connectivity index (χ0v) is 28.4. The van der Waals surface area contributed by atoms with E-state index < -0.39 is 0 Å². The Balaban J connectivity index is 2.69. The maximum atomic E-state index is 4.15. The van der Waals surface area contributed by atoms with E-state index in [2.05, 4.69) is 82.7 Å². The highest BCUT2D eigenvalue weighted by Gasteiger charge is 2.43. The van der Waals surface area contributed by atoms with Crippen molar-refractivity contribution in [3.63, 3.8) is 0 Å². The minimum absolute atomic E-state index is 0.382. The largest absolute Gasteiger partial charge is 0.100 e. The number of unbranched alkanes of at least 4 members (excludes halogenated alkanes) is 2. The molecule has 1 rings (SSSR count). The van der Waals surface area contributed by atoms with Crippen LogP contribution in [0.25, 0.3) is 0 Å². The van der Waals surface area contributed by atoms with Gasteiger partial charge >= 0.3 is 0 Å². The Morgan fingerprint density at radius 2 is 1.39 bits per heavy atom. The van der Waals surface area contributed by atoms with Crippen molar-refractivity contribution in [1.29, 1.82) is 0 Å². The number of hydrogen-bond acceptors (Lipinski definition) is 0. The van der Waals surface area contributed by atoms with Gasteiger partial charge in [-0.3, -0.25) is 0 Å². The Hall–Kier alpha value is -0.520. The number of allylic oxidation sites excluding steroid dienone is 3. The lowest BCUT2D eigenvalue weighted by Crippen LogP contribution is -2.38. The summed E-state index contributed by atoms with van der Waals surface area (Å²) in [6, 6.07) is 0. The Morgan fingerprint density at radius 3 is 1.89 bits per heavy atom. The monoisotopic (exact) mass is 529 g/mol. The van der Waals surface area contributed by atoms with E-state index in [1.54, 1.807) is 5.57 Å². The standard InChI is InChI=1S/C38H72/c1-13-14-15-20-32(7)33(8)22-18-26-37(10,11)27-25-31(6)28-38(12,35-23-17-24-35)36(30(4)5)34(9)21-16-19-29(2)3/h31-35H,2,13-28H2,1,3-12H3. The molecule has 0 radical (unpaired) electrons. The van der Waals surface area contributed by atoms with Gasteiger partial charge in [-0.25, -0.2) is 0 Å². The molecule has 0 heteroatoms. The Bertz CT molecular complexity index is 685. The first-order valence-electron chi connectivity index (χ1n) is 17.1. The summed E-state index contributed by atoms with van der Waals surface area (Å²) in [4.78, 5) is 0. The molecule has 1 aliphatic rings. The molecule has 0 aromatic heterocycles. The summed E-state index contributed by atoms with van der Waals surface area (Å²) in [7, 11) is 0. The van der Waals surface area contributed by atoms with Gasteiger partial charge in [0.2, 0.25) is 0 Å². The van der Waals surface area contributed by atoms with Gasteiger partial charge in [0, 0.05) is 0 Å². The number of rotatable bonds is 21. The van der Waals surface area contributed by atoms with Crippen LogP contribution in [0.3, 0.4) is 0 Å². The molecule has 0 aliphatic heterocycles. The van der Waals surface area contributed by atoms with Crippen molar-refractivity contribution in [3.8, 4) is 0 Å². The molecule has 0 heterocycles. The third-order valence-electron chi connectivity index (χ3n) is 10.7. The van der Waals surface area contributed by atoms with E-state index in [0.29, 0.717) is 16.7 Å². The van der Waals surface area contributed by atoms with Crippen molar-refractivity contribution in [2.24, 2.45) is 40.4 Å². The lowest BCUT2D eigenvalue weighted by atomic mass is 9.56. The van der Waals surface area contributed by atoms with Crippen molar-refractivity contribution in [1.82, 2.24) is 0 Å². The molecular weight excluding hydrogens is 456 g/mol. The van der Waals surface area contributed by atoms with Crippen LogP contribution in [0, 0.1) is 40.4 Å². The third kappa shape index (κ3) is 12.3. The second kappa shape index (κ2) is 17.3. The van der Waals surface area contributed by atoms with Crippen LogP contribution in [0.1, 0.15) is 179 Å². The molecule has 224 valence electrons. The second-order valence-electron chi connectivity index (χ2n) is 15.6. The van der Waals surface area contributed by atoms with Gasteiger partial charge in [0.1, 0.15) is 0 Å². The van der Waals surface area contributed by atoms with E-state index in [1.165, 1.54) is 108 Å². The molecule has 0 amide bonds. The van der Waals surface area contributed by atoms with Gasteiger partial charge in [-0.05, 0) is 113 Å². The van der Waals surface area contributed by atoms with Gasteiger partial charge in [0.05, 0.1) is 0 Å². The minimum Gasteiger partial charge on any atom is -0.100 e. The molecule has 38 heavy (non-hydrogen) atoms. The van der Waals surface area contributed by atoms with Crippen LogP contribution < -0.4 is 0 Å². The lowest BCUT2D eigenvalue weighted by Gasteiger charge is -2.49. The normalized spacial score (nSPS) is 19.2. The van der Waals surface area contributed by atoms with Gasteiger partial charge in [-0.15, -0.1) is 6.58 Å². The van der Waals surface area contributed by atoms with Crippen LogP contribution in [0.4, 0.5) is 0 Å². The topological polar surface area (TPSA) is 0 Å². The fourth-order valence-corrected chi connectivity index (χ4v) is 7.80. The fourth-order valence-electron chi connectivity index (χ4n) is 7.80. The number of hydrogen-bond donors (Lipinski definition) is 0. The van der Waals surface area contributed by atoms with Crippen LogP contribution in [0.15, 0.2) is 23.3 Å². The van der Waals surface area contributed by atoms with Gasteiger partial charge in [0.25, 0.3) is 0 Å². The summed E-state index contributed by atoms with van der Waals surface area (Å²) < 4.78 is 0. The highest BCUT2D eigenvalue weighted by molar-refractivity contribution is 5.24. The highest BCUT2D eigenvalue weighted by atomic mass is 14.5. The first-order valence-corrected chi connectivity index (χ1v) is 17.1. The summed E-state index contributed by atoms with van der Waals surface area (Å²) in [5.74, 6) is 4.16. The van der Waals surface area contributed by atoms with Gasteiger partial charge in [-0.1, -0.05) is 123 Å². The first-order chi connectivity index (χ1) is 17.7. The van der Waals surface area contributed by atoms with Gasteiger partial charge < -0.3 is 0 Å². The van der Waals surface area contributed by atoms with Crippen LogP contribution in [0.2, 0.25) is 0 Å². The smallest absolute Gasteiger partial charge is 0.00805 e. The zero-order chi connectivity index (χ0) is 28.9. The Kier molecular flexibility index (Phi) is 16.2. The molecule has 1 aliphatic carbocycles. The molecule has 5 unspecified atom stereocenters. The molecule has 0 saturated heterocycles. The predicted octanol–water partition coefficient (Wildman–Crippen LogP) is 13.4.